The molecular weight excluding hydrogens is 437 g/mol. The fourth-order valence-corrected chi connectivity index (χ4v) is 3.57. The van der Waals surface area contributed by atoms with Crippen LogP contribution < -0.4 is 10.1 Å². The number of alkyl halides is 3. The van der Waals surface area contributed by atoms with Gasteiger partial charge in [-0.3, -0.25) is 4.90 Å². The molecule has 33 heavy (non-hydrogen) atoms. The first kappa shape index (κ1) is 22.7. The van der Waals surface area contributed by atoms with Gasteiger partial charge in [-0.15, -0.1) is 0 Å². The molecule has 4 rings (SSSR count). The molecule has 0 atom stereocenters. The predicted molar refractivity (Wildman–Crippen MR) is 115 cm³/mol. The number of benzene rings is 2. The Hall–Kier alpha value is -3.53. The number of hydrogen-bond acceptors (Lipinski definition) is 5. The van der Waals surface area contributed by atoms with Crippen molar-refractivity contribution in [2.75, 3.05) is 31.5 Å². The zero-order valence-corrected chi connectivity index (χ0v) is 17.9. The Bertz CT molecular complexity index is 1090. The van der Waals surface area contributed by atoms with Crippen molar-refractivity contribution < 1.29 is 27.2 Å². The average Bonchev–Trinajstić information content (AvgIpc) is 3.19. The number of piperazine rings is 1. The van der Waals surface area contributed by atoms with Crippen LogP contribution in [0.4, 0.5) is 23.7 Å². The summed E-state index contributed by atoms with van der Waals surface area (Å²) in [6.45, 7) is 4.32. The van der Waals surface area contributed by atoms with Gasteiger partial charge in [0.15, 0.2) is 5.76 Å². The van der Waals surface area contributed by atoms with Gasteiger partial charge in [0.25, 0.3) is 0 Å². The van der Waals surface area contributed by atoms with Crippen LogP contribution in [0.3, 0.4) is 0 Å². The van der Waals surface area contributed by atoms with Gasteiger partial charge >= 0.3 is 12.2 Å². The number of ether oxygens (including phenoxy) is 1. The van der Waals surface area contributed by atoms with Crippen molar-refractivity contribution in [1.82, 2.24) is 15.0 Å². The van der Waals surface area contributed by atoms with E-state index in [1.54, 1.807) is 30.3 Å². The van der Waals surface area contributed by atoms with Crippen molar-refractivity contribution in [1.29, 1.82) is 0 Å². The molecule has 1 aliphatic heterocycles. The summed E-state index contributed by atoms with van der Waals surface area (Å²) in [6, 6.07) is 13.3. The first-order chi connectivity index (χ1) is 15.8. The number of amides is 2. The van der Waals surface area contributed by atoms with E-state index in [2.05, 4.69) is 15.4 Å². The molecule has 1 fully saturated rings. The molecule has 2 heterocycles. The summed E-state index contributed by atoms with van der Waals surface area (Å²) in [5.41, 5.74) is -0.486. The van der Waals surface area contributed by atoms with Crippen LogP contribution in [-0.2, 0) is 12.7 Å². The molecule has 7 nitrogen and oxygen atoms in total. The number of carbonyl (C=O) groups is 1. The van der Waals surface area contributed by atoms with E-state index >= 15 is 0 Å². The number of carbonyl (C=O) groups excluding carboxylic acids is 1. The topological polar surface area (TPSA) is 70.8 Å². The monoisotopic (exact) mass is 460 g/mol. The molecule has 0 unspecified atom stereocenters. The number of urea groups is 1. The zero-order valence-electron chi connectivity index (χ0n) is 17.9. The van der Waals surface area contributed by atoms with Crippen molar-refractivity contribution in [3.8, 4) is 11.5 Å². The van der Waals surface area contributed by atoms with Crippen LogP contribution in [0, 0.1) is 6.92 Å². The third kappa shape index (κ3) is 5.83. The number of anilines is 1. The van der Waals surface area contributed by atoms with Crippen LogP contribution in [-0.4, -0.2) is 47.2 Å². The summed E-state index contributed by atoms with van der Waals surface area (Å²) >= 11 is 0. The summed E-state index contributed by atoms with van der Waals surface area (Å²) in [6.07, 6.45) is -4.66. The summed E-state index contributed by atoms with van der Waals surface area (Å²) in [4.78, 5) is 16.3. The third-order valence-electron chi connectivity index (χ3n) is 5.23. The first-order valence-corrected chi connectivity index (χ1v) is 10.4. The second-order valence-corrected chi connectivity index (χ2v) is 7.75. The number of nitrogens with zero attached hydrogens (tertiary/aromatic N) is 3. The van der Waals surface area contributed by atoms with E-state index in [-0.39, 0.29) is 11.4 Å². The normalized spacial score (nSPS) is 14.8. The van der Waals surface area contributed by atoms with E-state index in [1.807, 2.05) is 13.0 Å². The lowest BCUT2D eigenvalue weighted by molar-refractivity contribution is -0.137. The van der Waals surface area contributed by atoms with Crippen molar-refractivity contribution in [2.24, 2.45) is 0 Å². The van der Waals surface area contributed by atoms with Gasteiger partial charge in [0, 0.05) is 32.2 Å². The van der Waals surface area contributed by atoms with Gasteiger partial charge in [-0.1, -0.05) is 23.4 Å². The van der Waals surface area contributed by atoms with E-state index < -0.39 is 17.8 Å². The van der Waals surface area contributed by atoms with E-state index in [0.717, 1.165) is 17.5 Å². The minimum absolute atomic E-state index is 0.0304. The van der Waals surface area contributed by atoms with E-state index in [0.29, 0.717) is 38.5 Å². The molecular formula is C23H23F3N4O3. The quantitative estimate of drug-likeness (QED) is 0.571. The highest BCUT2D eigenvalue weighted by molar-refractivity contribution is 5.90. The zero-order chi connectivity index (χ0) is 23.4. The van der Waals surface area contributed by atoms with Crippen LogP contribution in [0.1, 0.15) is 17.0 Å². The van der Waals surface area contributed by atoms with Gasteiger partial charge in [-0.25, -0.2) is 4.79 Å². The lowest BCUT2D eigenvalue weighted by atomic mass is 10.1. The standard InChI is InChI=1S/C23H23F3N4O3/c1-16-13-19(33-28-16)15-29-9-11-30(12-10-29)22(31)27-21-8-7-18(14-20(21)23(24,25)26)32-17-5-3-2-4-6-17/h2-8,13-14H,9-12,15H2,1H3,(H,27,31). The summed E-state index contributed by atoms with van der Waals surface area (Å²) < 4.78 is 51.8. The molecule has 0 aliphatic carbocycles. The summed E-state index contributed by atoms with van der Waals surface area (Å²) in [7, 11) is 0. The Morgan fingerprint density at radius 2 is 1.79 bits per heavy atom. The van der Waals surface area contributed by atoms with Crippen molar-refractivity contribution in [2.45, 2.75) is 19.6 Å². The van der Waals surface area contributed by atoms with Crippen molar-refractivity contribution in [3.63, 3.8) is 0 Å². The van der Waals surface area contributed by atoms with Crippen LogP contribution in [0.15, 0.2) is 59.1 Å². The number of hydrogen-bond donors (Lipinski definition) is 1. The molecule has 0 radical (unpaired) electrons. The smallest absolute Gasteiger partial charge is 0.418 e. The largest absolute Gasteiger partial charge is 0.457 e. The maximum absolute atomic E-state index is 13.7. The van der Waals surface area contributed by atoms with E-state index in [1.165, 1.54) is 17.0 Å². The van der Waals surface area contributed by atoms with Crippen LogP contribution in [0.2, 0.25) is 0 Å². The Morgan fingerprint density at radius 3 is 2.42 bits per heavy atom. The van der Waals surface area contributed by atoms with Gasteiger partial charge in [0.2, 0.25) is 0 Å². The molecule has 174 valence electrons. The van der Waals surface area contributed by atoms with E-state index in [9.17, 15) is 18.0 Å². The number of aryl methyl sites for hydroxylation is 1. The van der Waals surface area contributed by atoms with E-state index in [4.69, 9.17) is 9.26 Å². The summed E-state index contributed by atoms with van der Waals surface area (Å²) in [5.74, 6) is 1.18. The lowest BCUT2D eigenvalue weighted by Gasteiger charge is -2.34. The van der Waals surface area contributed by atoms with Gasteiger partial charge in [0.1, 0.15) is 11.5 Å². The third-order valence-corrected chi connectivity index (χ3v) is 5.23. The molecule has 0 saturated carbocycles. The first-order valence-electron chi connectivity index (χ1n) is 10.4. The maximum Gasteiger partial charge on any atom is 0.418 e. The number of para-hydroxylation sites is 1. The molecule has 2 amide bonds. The average molecular weight is 460 g/mol. The minimum atomic E-state index is -4.66. The highest BCUT2D eigenvalue weighted by Gasteiger charge is 2.35. The molecule has 0 spiro atoms. The Morgan fingerprint density at radius 1 is 1.06 bits per heavy atom. The molecule has 1 aliphatic rings. The van der Waals surface area contributed by atoms with Gasteiger partial charge in [-0.05, 0) is 37.3 Å². The van der Waals surface area contributed by atoms with Gasteiger partial charge < -0.3 is 19.5 Å². The maximum atomic E-state index is 13.7. The molecule has 2 aromatic carbocycles. The van der Waals surface area contributed by atoms with Gasteiger partial charge in [0.05, 0.1) is 23.5 Å². The fourth-order valence-electron chi connectivity index (χ4n) is 3.57. The van der Waals surface area contributed by atoms with Crippen LogP contribution >= 0.6 is 0 Å². The number of halogens is 3. The molecule has 3 aromatic rings. The Kier molecular flexibility index (Phi) is 6.55. The van der Waals surface area contributed by atoms with Crippen LogP contribution in [0.25, 0.3) is 0 Å². The fraction of sp³-hybridized carbons (Fsp3) is 0.304. The second-order valence-electron chi connectivity index (χ2n) is 7.75. The molecule has 1 saturated heterocycles. The predicted octanol–water partition coefficient (Wildman–Crippen LogP) is 5.14. The minimum Gasteiger partial charge on any atom is -0.457 e. The molecule has 10 heteroatoms. The van der Waals surface area contributed by atoms with Crippen LogP contribution in [0.5, 0.6) is 11.5 Å². The highest BCUT2D eigenvalue weighted by Crippen LogP contribution is 2.38. The van der Waals surface area contributed by atoms with Crippen molar-refractivity contribution >= 4 is 11.7 Å². The van der Waals surface area contributed by atoms with Gasteiger partial charge in [-0.2, -0.15) is 13.2 Å². The summed E-state index contributed by atoms with van der Waals surface area (Å²) in [5, 5.41) is 6.26. The molecule has 1 aromatic heterocycles. The number of aromatic nitrogens is 1. The lowest BCUT2D eigenvalue weighted by Crippen LogP contribution is -2.49. The number of nitrogens with one attached hydrogen (secondary N) is 1. The Balaban J connectivity index is 1.39. The molecule has 0 bridgehead atoms. The highest BCUT2D eigenvalue weighted by atomic mass is 19.4. The number of rotatable bonds is 5. The Labute approximate surface area is 188 Å². The van der Waals surface area contributed by atoms with Crippen molar-refractivity contribution in [3.05, 3.63) is 71.6 Å². The molecule has 1 N–H and O–H groups in total. The second kappa shape index (κ2) is 9.53. The SMILES string of the molecule is Cc1cc(CN2CCN(C(=O)Nc3ccc(Oc4ccccc4)cc3C(F)(F)F)CC2)on1.